The van der Waals surface area contributed by atoms with E-state index in [-0.39, 0.29) is 41.6 Å². The van der Waals surface area contributed by atoms with Gasteiger partial charge in [-0.1, -0.05) is 0 Å². The Morgan fingerprint density at radius 1 is 0.818 bits per heavy atom. The Kier molecular flexibility index (Phi) is 65.1. The van der Waals surface area contributed by atoms with E-state index in [0.717, 1.165) is 0 Å². The van der Waals surface area contributed by atoms with Gasteiger partial charge in [0, 0.05) is 0 Å². The predicted octanol–water partition coefficient (Wildman–Crippen LogP) is -0.275. The van der Waals surface area contributed by atoms with Gasteiger partial charge in [-0.2, -0.15) is 0 Å². The summed E-state index contributed by atoms with van der Waals surface area (Å²) in [6, 6.07) is 0. The molecule has 0 saturated heterocycles. The van der Waals surface area contributed by atoms with Crippen LogP contribution in [0.15, 0.2) is 0 Å². The van der Waals surface area contributed by atoms with Gasteiger partial charge in [-0.15, -0.1) is 12.4 Å². The van der Waals surface area contributed by atoms with Crippen molar-refractivity contribution in [1.82, 2.24) is 6.15 Å². The summed E-state index contributed by atoms with van der Waals surface area (Å²) in [5.74, 6) is 0. The molecular formula is H4ClMgN3O6. The van der Waals surface area contributed by atoms with E-state index < -0.39 is 10.2 Å². The van der Waals surface area contributed by atoms with Crippen molar-refractivity contribution in [3.63, 3.8) is 0 Å². The molecule has 0 radical (unpaired) electrons. The first-order valence-corrected chi connectivity index (χ1v) is 1.10. The maximum atomic E-state index is 8.25. The zero-order chi connectivity index (χ0) is 7.15. The number of rotatable bonds is 0. The Balaban J connectivity index is -0.0000000171. The van der Waals surface area contributed by atoms with E-state index in [1.54, 1.807) is 0 Å². The van der Waals surface area contributed by atoms with Gasteiger partial charge >= 0.3 is 23.1 Å². The van der Waals surface area contributed by atoms with Gasteiger partial charge in [0.2, 0.25) is 0 Å². The molecule has 0 fully saturated rings. The van der Waals surface area contributed by atoms with Gasteiger partial charge in [0.05, 0.1) is 10.2 Å². The summed E-state index contributed by atoms with van der Waals surface area (Å²) in [5.41, 5.74) is 0. The van der Waals surface area contributed by atoms with E-state index in [4.69, 9.17) is 30.6 Å². The Hall–Kier alpha value is -0.584. The largest absolute Gasteiger partial charge is 2.00 e. The van der Waals surface area contributed by atoms with E-state index in [0.29, 0.717) is 0 Å². The molecule has 0 aliphatic rings. The number of hydrogen-bond donors (Lipinski definition) is 1. The van der Waals surface area contributed by atoms with Crippen molar-refractivity contribution in [3.05, 3.63) is 30.6 Å². The van der Waals surface area contributed by atoms with Crippen LogP contribution in [-0.4, -0.2) is 33.2 Å². The normalized spacial score (nSPS) is 4.36. The summed E-state index contributed by atoms with van der Waals surface area (Å²) >= 11 is 0. The minimum Gasteiger partial charge on any atom is -0.356 e. The van der Waals surface area contributed by atoms with Crippen LogP contribution >= 0.6 is 12.4 Å². The summed E-state index contributed by atoms with van der Waals surface area (Å²) in [6.07, 6.45) is 0. The molecule has 0 unspecified atom stereocenters. The molecule has 64 valence electrons. The van der Waals surface area contributed by atoms with Crippen molar-refractivity contribution < 1.29 is 10.2 Å². The van der Waals surface area contributed by atoms with Crippen LogP contribution in [0.3, 0.4) is 0 Å². The molecule has 0 heterocycles. The summed E-state index contributed by atoms with van der Waals surface area (Å²) in [6.45, 7) is 0. The van der Waals surface area contributed by atoms with Crippen LogP contribution in [0.5, 0.6) is 0 Å². The van der Waals surface area contributed by atoms with E-state index in [9.17, 15) is 0 Å². The van der Waals surface area contributed by atoms with Gasteiger partial charge < -0.3 is 36.8 Å². The molecular weight excluding hydrogens is 198 g/mol. The molecule has 0 saturated carbocycles. The first-order chi connectivity index (χ1) is 3.46. The van der Waals surface area contributed by atoms with Gasteiger partial charge in [-0.3, -0.25) is 0 Å². The molecule has 0 bridgehead atoms. The molecule has 0 aromatic carbocycles. The fourth-order valence-electron chi connectivity index (χ4n) is 0. The number of nitrogens with zero attached hydrogens (tertiary/aromatic N) is 2. The smallest absolute Gasteiger partial charge is 0.356 e. The van der Waals surface area contributed by atoms with Crippen LogP contribution in [0.1, 0.15) is 0 Å². The van der Waals surface area contributed by atoms with E-state index in [2.05, 4.69) is 0 Å². The van der Waals surface area contributed by atoms with Gasteiger partial charge in [-0.05, 0) is 0 Å². The third-order valence-electron chi connectivity index (χ3n) is 0. The molecule has 0 atom stereocenters. The first-order valence-electron chi connectivity index (χ1n) is 1.10. The number of halogens is 1. The zero-order valence-electron chi connectivity index (χ0n) is 5.17. The summed E-state index contributed by atoms with van der Waals surface area (Å²) < 4.78 is 0. The van der Waals surface area contributed by atoms with Crippen LogP contribution < -0.4 is 6.15 Å². The first kappa shape index (κ1) is 31.5. The van der Waals surface area contributed by atoms with Crippen molar-refractivity contribution in [2.45, 2.75) is 0 Å². The third-order valence-corrected chi connectivity index (χ3v) is 0. The third kappa shape index (κ3) is 1520. The van der Waals surface area contributed by atoms with E-state index in [1.807, 2.05) is 0 Å². The topological polar surface area (TPSA) is 167 Å². The average molecular weight is 202 g/mol. The molecule has 0 aliphatic carbocycles. The molecule has 0 aromatic heterocycles. The SMILES string of the molecule is Cl.N.O=[N+]([O-])[O-].O=[N+]([O-])[O-].[Mg+2]. The Bertz CT molecular complexity index is 75.8. The standard InChI is InChI=1S/ClH.Mg.2NO3.H3N/c;;2*2-1(3)4;/h1H;;;;1H3/q;+2;2*-1;. The molecule has 0 aromatic rings. The van der Waals surface area contributed by atoms with Crippen LogP contribution in [0.4, 0.5) is 0 Å². The van der Waals surface area contributed by atoms with Crippen LogP contribution in [-0.2, 0) is 0 Å². The Morgan fingerprint density at radius 3 is 0.818 bits per heavy atom. The van der Waals surface area contributed by atoms with Crippen molar-refractivity contribution in [2.75, 3.05) is 0 Å². The van der Waals surface area contributed by atoms with Gasteiger partial charge in [0.25, 0.3) is 0 Å². The minimum atomic E-state index is -1.75. The van der Waals surface area contributed by atoms with Crippen molar-refractivity contribution >= 4 is 35.5 Å². The van der Waals surface area contributed by atoms with Crippen LogP contribution in [0, 0.1) is 30.6 Å². The second kappa shape index (κ2) is 22.7. The summed E-state index contributed by atoms with van der Waals surface area (Å²) in [5, 5.41) is 29.5. The molecule has 0 aliphatic heterocycles. The monoisotopic (exact) mass is 201 g/mol. The zero-order valence-corrected chi connectivity index (χ0v) is 7.40. The molecule has 3 N–H and O–H groups in total. The quantitative estimate of drug-likeness (QED) is 0.319. The Labute approximate surface area is 82.7 Å². The van der Waals surface area contributed by atoms with Gasteiger partial charge in [0.1, 0.15) is 0 Å². The van der Waals surface area contributed by atoms with Crippen molar-refractivity contribution in [3.8, 4) is 0 Å². The average Bonchev–Trinajstić information content (AvgIpc) is 1.25. The molecule has 11 heteroatoms. The summed E-state index contributed by atoms with van der Waals surface area (Å²) in [7, 11) is 0. The fraction of sp³-hybridized carbons (Fsp3) is 0. The van der Waals surface area contributed by atoms with Gasteiger partial charge in [0.15, 0.2) is 0 Å². The van der Waals surface area contributed by atoms with Crippen molar-refractivity contribution in [1.29, 1.82) is 0 Å². The van der Waals surface area contributed by atoms with E-state index >= 15 is 0 Å². The molecule has 0 spiro atoms. The second-order valence-corrected chi connectivity index (χ2v) is 0.447. The summed E-state index contributed by atoms with van der Waals surface area (Å²) in [4.78, 5) is 16.5. The molecule has 11 heavy (non-hydrogen) atoms. The van der Waals surface area contributed by atoms with Gasteiger partial charge in [-0.25, -0.2) is 0 Å². The van der Waals surface area contributed by atoms with Crippen LogP contribution in [0.25, 0.3) is 0 Å². The second-order valence-electron chi connectivity index (χ2n) is 0.447. The molecule has 0 rings (SSSR count). The minimum absolute atomic E-state index is 0. The maximum absolute atomic E-state index is 8.25. The van der Waals surface area contributed by atoms with Crippen LogP contribution in [0.2, 0.25) is 0 Å². The van der Waals surface area contributed by atoms with E-state index in [1.165, 1.54) is 0 Å². The number of hydrogen-bond acceptors (Lipinski definition) is 7. The Morgan fingerprint density at radius 2 is 0.818 bits per heavy atom. The molecule has 0 amide bonds. The predicted molar refractivity (Wildman–Crippen MR) is 38.7 cm³/mol. The molecule has 9 nitrogen and oxygen atoms in total. The van der Waals surface area contributed by atoms with Crippen molar-refractivity contribution in [2.24, 2.45) is 0 Å². The maximum Gasteiger partial charge on any atom is 2.00 e. The fourth-order valence-corrected chi connectivity index (χ4v) is 0.